The second-order valence-corrected chi connectivity index (χ2v) is 8.22. The molecule has 1 unspecified atom stereocenters. The van der Waals surface area contributed by atoms with Crippen LogP contribution in [-0.2, 0) is 6.42 Å². The Morgan fingerprint density at radius 3 is 2.44 bits per heavy atom. The highest BCUT2D eigenvalue weighted by Gasteiger charge is 2.14. The van der Waals surface area contributed by atoms with E-state index < -0.39 is 0 Å². The SMILES string of the molecule is CC(C)Cc1cccc(C(N)CSC(C)(C)C)c1. The van der Waals surface area contributed by atoms with Crippen molar-refractivity contribution in [3.8, 4) is 0 Å². The largest absolute Gasteiger partial charge is 0.323 e. The van der Waals surface area contributed by atoms with Crippen molar-refractivity contribution in [1.29, 1.82) is 0 Å². The zero-order chi connectivity index (χ0) is 13.8. The minimum absolute atomic E-state index is 0.140. The third kappa shape index (κ3) is 5.92. The lowest BCUT2D eigenvalue weighted by Crippen LogP contribution is -2.18. The number of hydrogen-bond donors (Lipinski definition) is 1. The van der Waals surface area contributed by atoms with Crippen LogP contribution in [0.2, 0.25) is 0 Å². The molecule has 0 heterocycles. The van der Waals surface area contributed by atoms with Gasteiger partial charge >= 0.3 is 0 Å². The molecular weight excluding hydrogens is 238 g/mol. The monoisotopic (exact) mass is 265 g/mol. The Morgan fingerprint density at radius 2 is 1.89 bits per heavy atom. The number of benzene rings is 1. The van der Waals surface area contributed by atoms with E-state index in [4.69, 9.17) is 5.73 Å². The summed E-state index contributed by atoms with van der Waals surface area (Å²) in [6, 6.07) is 8.90. The summed E-state index contributed by atoms with van der Waals surface area (Å²) in [4.78, 5) is 0. The Labute approximate surface area is 117 Å². The highest BCUT2D eigenvalue weighted by Crippen LogP contribution is 2.27. The highest BCUT2D eigenvalue weighted by molar-refractivity contribution is 8.00. The first-order chi connectivity index (χ1) is 8.28. The summed E-state index contributed by atoms with van der Waals surface area (Å²) in [7, 11) is 0. The van der Waals surface area contributed by atoms with Gasteiger partial charge in [-0.3, -0.25) is 0 Å². The Morgan fingerprint density at radius 1 is 1.22 bits per heavy atom. The van der Waals surface area contributed by atoms with Gasteiger partial charge in [0, 0.05) is 16.5 Å². The van der Waals surface area contributed by atoms with Gasteiger partial charge in [-0.15, -0.1) is 0 Å². The molecule has 2 heteroatoms. The van der Waals surface area contributed by atoms with Gasteiger partial charge in [0.2, 0.25) is 0 Å². The van der Waals surface area contributed by atoms with E-state index in [1.807, 2.05) is 11.8 Å². The van der Waals surface area contributed by atoms with Crippen LogP contribution in [0.3, 0.4) is 0 Å². The molecule has 1 atom stereocenters. The zero-order valence-corrected chi connectivity index (χ0v) is 13.2. The van der Waals surface area contributed by atoms with Gasteiger partial charge in [0.1, 0.15) is 0 Å². The molecule has 102 valence electrons. The molecule has 1 nitrogen and oxygen atoms in total. The van der Waals surface area contributed by atoms with Crippen LogP contribution in [0.5, 0.6) is 0 Å². The molecule has 0 aliphatic carbocycles. The van der Waals surface area contributed by atoms with Gasteiger partial charge in [-0.25, -0.2) is 0 Å². The fraction of sp³-hybridized carbons (Fsp3) is 0.625. The molecular formula is C16H27NS. The van der Waals surface area contributed by atoms with Crippen molar-refractivity contribution in [1.82, 2.24) is 0 Å². The number of hydrogen-bond acceptors (Lipinski definition) is 2. The molecule has 2 N–H and O–H groups in total. The third-order valence-corrected chi connectivity index (χ3v) is 4.11. The van der Waals surface area contributed by atoms with Crippen molar-refractivity contribution in [2.75, 3.05) is 5.75 Å². The molecule has 0 aliphatic heterocycles. The van der Waals surface area contributed by atoms with E-state index in [2.05, 4.69) is 58.9 Å². The Hall–Kier alpha value is -0.470. The molecule has 0 saturated carbocycles. The van der Waals surface area contributed by atoms with Crippen LogP contribution in [-0.4, -0.2) is 10.5 Å². The number of nitrogens with two attached hydrogens (primary N) is 1. The van der Waals surface area contributed by atoms with Crippen molar-refractivity contribution in [2.24, 2.45) is 11.7 Å². The molecule has 0 fully saturated rings. The van der Waals surface area contributed by atoms with E-state index in [1.165, 1.54) is 11.1 Å². The lowest BCUT2D eigenvalue weighted by Gasteiger charge is -2.21. The zero-order valence-electron chi connectivity index (χ0n) is 12.4. The summed E-state index contributed by atoms with van der Waals surface area (Å²) in [5.41, 5.74) is 8.95. The third-order valence-electron chi connectivity index (χ3n) is 2.72. The lowest BCUT2D eigenvalue weighted by molar-refractivity contribution is 0.646. The van der Waals surface area contributed by atoms with Crippen molar-refractivity contribution in [3.05, 3.63) is 35.4 Å². The Kier molecular flexibility index (Phi) is 5.74. The normalized spacial score (nSPS) is 13.9. The second kappa shape index (κ2) is 6.63. The maximum atomic E-state index is 6.28. The van der Waals surface area contributed by atoms with E-state index in [0.717, 1.165) is 12.2 Å². The van der Waals surface area contributed by atoms with Gasteiger partial charge in [0.05, 0.1) is 0 Å². The summed E-state index contributed by atoms with van der Waals surface area (Å²) in [6.45, 7) is 11.2. The number of thioether (sulfide) groups is 1. The van der Waals surface area contributed by atoms with Gasteiger partial charge in [-0.05, 0) is 23.5 Å². The predicted octanol–water partition coefficient (Wildman–Crippen LogP) is 4.42. The fourth-order valence-corrected chi connectivity index (χ4v) is 2.73. The summed E-state index contributed by atoms with van der Waals surface area (Å²) in [6.07, 6.45) is 1.13. The average molecular weight is 265 g/mol. The first kappa shape index (κ1) is 15.6. The van der Waals surface area contributed by atoms with E-state index in [1.54, 1.807) is 0 Å². The smallest absolute Gasteiger partial charge is 0.0387 e. The summed E-state index contributed by atoms with van der Waals surface area (Å²) >= 11 is 1.93. The Balaban J connectivity index is 2.65. The summed E-state index contributed by atoms with van der Waals surface area (Å²) in [5.74, 6) is 1.68. The highest BCUT2D eigenvalue weighted by atomic mass is 32.2. The topological polar surface area (TPSA) is 26.0 Å². The predicted molar refractivity (Wildman–Crippen MR) is 84.1 cm³/mol. The fourth-order valence-electron chi connectivity index (χ4n) is 1.86. The summed E-state index contributed by atoms with van der Waals surface area (Å²) in [5, 5.41) is 0. The number of rotatable bonds is 5. The maximum absolute atomic E-state index is 6.28. The molecule has 18 heavy (non-hydrogen) atoms. The summed E-state index contributed by atoms with van der Waals surface area (Å²) < 4.78 is 0.285. The molecule has 0 saturated heterocycles. The lowest BCUT2D eigenvalue weighted by atomic mass is 9.99. The minimum atomic E-state index is 0.140. The standard InChI is InChI=1S/C16H27NS/c1-12(2)9-13-7-6-8-14(10-13)15(17)11-18-16(3,4)5/h6-8,10,12,15H,9,11,17H2,1-5H3. The van der Waals surface area contributed by atoms with Crippen molar-refractivity contribution < 1.29 is 0 Å². The van der Waals surface area contributed by atoms with E-state index in [0.29, 0.717) is 5.92 Å². The first-order valence-corrected chi connectivity index (χ1v) is 7.75. The van der Waals surface area contributed by atoms with Gasteiger partial charge in [-0.1, -0.05) is 58.9 Å². The van der Waals surface area contributed by atoms with E-state index >= 15 is 0 Å². The molecule has 0 radical (unpaired) electrons. The average Bonchev–Trinajstić information content (AvgIpc) is 2.24. The molecule has 0 amide bonds. The van der Waals surface area contributed by atoms with Gasteiger partial charge in [0.15, 0.2) is 0 Å². The van der Waals surface area contributed by atoms with Crippen molar-refractivity contribution in [2.45, 2.75) is 51.8 Å². The van der Waals surface area contributed by atoms with E-state index in [9.17, 15) is 0 Å². The molecule has 0 aromatic heterocycles. The molecule has 0 bridgehead atoms. The van der Waals surface area contributed by atoms with Crippen LogP contribution >= 0.6 is 11.8 Å². The van der Waals surface area contributed by atoms with Crippen LogP contribution in [0.1, 0.15) is 51.8 Å². The molecule has 1 aromatic rings. The van der Waals surface area contributed by atoms with Crippen LogP contribution in [0.15, 0.2) is 24.3 Å². The van der Waals surface area contributed by atoms with Crippen molar-refractivity contribution >= 4 is 11.8 Å². The van der Waals surface area contributed by atoms with Crippen molar-refractivity contribution in [3.63, 3.8) is 0 Å². The molecule has 0 aliphatic rings. The Bertz CT molecular complexity index is 366. The molecule has 0 spiro atoms. The molecule has 1 aromatic carbocycles. The first-order valence-electron chi connectivity index (χ1n) is 6.76. The van der Waals surface area contributed by atoms with Gasteiger partial charge < -0.3 is 5.73 Å². The van der Waals surface area contributed by atoms with Crippen LogP contribution < -0.4 is 5.73 Å². The van der Waals surface area contributed by atoms with Gasteiger partial charge in [0.25, 0.3) is 0 Å². The maximum Gasteiger partial charge on any atom is 0.0387 e. The minimum Gasteiger partial charge on any atom is -0.323 e. The van der Waals surface area contributed by atoms with Crippen LogP contribution in [0, 0.1) is 5.92 Å². The second-order valence-electron chi connectivity index (χ2n) is 6.37. The molecule has 1 rings (SSSR count). The quantitative estimate of drug-likeness (QED) is 0.853. The van der Waals surface area contributed by atoms with E-state index in [-0.39, 0.29) is 10.8 Å². The van der Waals surface area contributed by atoms with Crippen LogP contribution in [0.4, 0.5) is 0 Å². The van der Waals surface area contributed by atoms with Crippen LogP contribution in [0.25, 0.3) is 0 Å². The van der Waals surface area contributed by atoms with Gasteiger partial charge in [-0.2, -0.15) is 11.8 Å².